The molecule has 1 unspecified atom stereocenters. The van der Waals surface area contributed by atoms with Gasteiger partial charge in [0, 0.05) is 4.47 Å². The Balaban J connectivity index is 1.91. The van der Waals surface area contributed by atoms with Gasteiger partial charge in [-0.3, -0.25) is 0 Å². The summed E-state index contributed by atoms with van der Waals surface area (Å²) in [5.41, 5.74) is 2.15. The van der Waals surface area contributed by atoms with Crippen molar-refractivity contribution in [1.29, 1.82) is 0 Å². The van der Waals surface area contributed by atoms with E-state index >= 15 is 0 Å². The summed E-state index contributed by atoms with van der Waals surface area (Å²) in [6, 6.07) is 15.8. The molecule has 0 aliphatic heterocycles. The van der Waals surface area contributed by atoms with E-state index in [4.69, 9.17) is 4.74 Å². The third-order valence-corrected chi connectivity index (χ3v) is 3.84. The Morgan fingerprint density at radius 2 is 1.90 bits per heavy atom. The molecule has 0 saturated heterocycles. The van der Waals surface area contributed by atoms with E-state index in [1.807, 2.05) is 42.5 Å². The fraction of sp³-hybridized carbons (Fsp3) is 0.294. The highest BCUT2D eigenvalue weighted by Gasteiger charge is 2.08. The molecule has 3 heteroatoms. The van der Waals surface area contributed by atoms with E-state index in [9.17, 15) is 5.11 Å². The molecule has 0 aromatic heterocycles. The molecule has 0 saturated carbocycles. The molecule has 2 nitrogen and oxygen atoms in total. The molecule has 0 heterocycles. The van der Waals surface area contributed by atoms with Crippen LogP contribution in [0.4, 0.5) is 0 Å². The molecule has 0 amide bonds. The number of aliphatic hydroxyl groups is 1. The lowest BCUT2D eigenvalue weighted by molar-refractivity contribution is 0.164. The van der Waals surface area contributed by atoms with E-state index in [-0.39, 0.29) is 0 Å². The van der Waals surface area contributed by atoms with E-state index in [2.05, 4.69) is 22.0 Å². The van der Waals surface area contributed by atoms with Crippen molar-refractivity contribution in [2.24, 2.45) is 0 Å². The van der Waals surface area contributed by atoms with Crippen molar-refractivity contribution in [3.05, 3.63) is 64.1 Å². The molecule has 0 bridgehead atoms. The van der Waals surface area contributed by atoms with Crippen LogP contribution in [0.1, 0.15) is 30.1 Å². The number of hydrogen-bond acceptors (Lipinski definition) is 2. The van der Waals surface area contributed by atoms with Gasteiger partial charge in [-0.05, 0) is 48.6 Å². The summed E-state index contributed by atoms with van der Waals surface area (Å²) in [5.74, 6) is 0.905. The first-order valence-corrected chi connectivity index (χ1v) is 7.55. The maximum absolute atomic E-state index is 10.1. The molecular weight excluding hydrogens is 316 g/mol. The van der Waals surface area contributed by atoms with Gasteiger partial charge in [0.05, 0.1) is 13.2 Å². The second-order valence-corrected chi connectivity index (χ2v) is 5.69. The van der Waals surface area contributed by atoms with Gasteiger partial charge >= 0.3 is 0 Å². The molecule has 106 valence electrons. The average Bonchev–Trinajstić information content (AvgIpc) is 2.48. The van der Waals surface area contributed by atoms with Crippen molar-refractivity contribution < 1.29 is 9.84 Å². The zero-order valence-corrected chi connectivity index (χ0v) is 13.1. The third kappa shape index (κ3) is 4.09. The molecule has 1 N–H and O–H groups in total. The fourth-order valence-corrected chi connectivity index (χ4v) is 2.68. The average molecular weight is 335 g/mol. The van der Waals surface area contributed by atoms with Crippen molar-refractivity contribution in [1.82, 2.24) is 0 Å². The maximum atomic E-state index is 10.1. The SMILES string of the molecule is COc1ccc(Br)cc1CCCC(O)c1ccccc1. The number of halogens is 1. The minimum Gasteiger partial charge on any atom is -0.496 e. The highest BCUT2D eigenvalue weighted by atomic mass is 79.9. The van der Waals surface area contributed by atoms with Crippen LogP contribution in [0.15, 0.2) is 53.0 Å². The normalized spacial score (nSPS) is 12.2. The Morgan fingerprint density at radius 1 is 1.15 bits per heavy atom. The topological polar surface area (TPSA) is 29.5 Å². The largest absolute Gasteiger partial charge is 0.496 e. The van der Waals surface area contributed by atoms with Gasteiger partial charge in [0.2, 0.25) is 0 Å². The van der Waals surface area contributed by atoms with E-state index in [0.29, 0.717) is 0 Å². The molecule has 0 spiro atoms. The van der Waals surface area contributed by atoms with Crippen molar-refractivity contribution in [3.8, 4) is 5.75 Å². The van der Waals surface area contributed by atoms with Gasteiger partial charge < -0.3 is 9.84 Å². The van der Waals surface area contributed by atoms with Crippen LogP contribution in [-0.2, 0) is 6.42 Å². The van der Waals surface area contributed by atoms with E-state index < -0.39 is 6.10 Å². The molecule has 2 rings (SSSR count). The quantitative estimate of drug-likeness (QED) is 0.841. The van der Waals surface area contributed by atoms with Gasteiger partial charge in [-0.2, -0.15) is 0 Å². The number of aryl methyl sites for hydroxylation is 1. The molecular formula is C17H19BrO2. The zero-order chi connectivity index (χ0) is 14.4. The number of aliphatic hydroxyl groups excluding tert-OH is 1. The number of benzene rings is 2. The first kappa shape index (κ1) is 15.1. The summed E-state index contributed by atoms with van der Waals surface area (Å²) >= 11 is 3.48. The van der Waals surface area contributed by atoms with E-state index in [1.54, 1.807) is 7.11 Å². The highest BCUT2D eigenvalue weighted by molar-refractivity contribution is 9.10. The Kier molecular flexibility index (Phi) is 5.62. The second kappa shape index (κ2) is 7.46. The van der Waals surface area contributed by atoms with Crippen molar-refractivity contribution in [2.75, 3.05) is 7.11 Å². The minimum atomic E-state index is -0.394. The Hall–Kier alpha value is -1.32. The van der Waals surface area contributed by atoms with Crippen LogP contribution in [0.5, 0.6) is 5.75 Å². The number of methoxy groups -OCH3 is 1. The van der Waals surface area contributed by atoms with Crippen molar-refractivity contribution in [2.45, 2.75) is 25.4 Å². The van der Waals surface area contributed by atoms with Crippen LogP contribution < -0.4 is 4.74 Å². The molecule has 0 radical (unpaired) electrons. The molecule has 0 fully saturated rings. The van der Waals surface area contributed by atoms with Crippen LogP contribution in [0.2, 0.25) is 0 Å². The van der Waals surface area contributed by atoms with Gasteiger partial charge in [-0.25, -0.2) is 0 Å². The number of hydrogen-bond donors (Lipinski definition) is 1. The molecule has 0 aliphatic carbocycles. The van der Waals surface area contributed by atoms with Gasteiger partial charge in [-0.15, -0.1) is 0 Å². The predicted octanol–water partition coefficient (Wildman–Crippen LogP) is 4.51. The Morgan fingerprint density at radius 3 is 2.60 bits per heavy atom. The highest BCUT2D eigenvalue weighted by Crippen LogP contribution is 2.26. The van der Waals surface area contributed by atoms with Crippen LogP contribution in [0.25, 0.3) is 0 Å². The van der Waals surface area contributed by atoms with Crippen molar-refractivity contribution in [3.63, 3.8) is 0 Å². The molecule has 0 aliphatic rings. The summed E-state index contributed by atoms with van der Waals surface area (Å²) in [4.78, 5) is 0. The molecule has 1 atom stereocenters. The predicted molar refractivity (Wildman–Crippen MR) is 85.0 cm³/mol. The van der Waals surface area contributed by atoms with Gasteiger partial charge in [0.1, 0.15) is 5.75 Å². The zero-order valence-electron chi connectivity index (χ0n) is 11.6. The van der Waals surface area contributed by atoms with E-state index in [0.717, 1.165) is 35.0 Å². The molecule has 2 aromatic carbocycles. The van der Waals surface area contributed by atoms with Crippen LogP contribution in [0.3, 0.4) is 0 Å². The number of rotatable bonds is 6. The van der Waals surface area contributed by atoms with Crippen LogP contribution in [0, 0.1) is 0 Å². The van der Waals surface area contributed by atoms with Crippen LogP contribution in [-0.4, -0.2) is 12.2 Å². The van der Waals surface area contributed by atoms with E-state index in [1.165, 1.54) is 5.56 Å². The third-order valence-electron chi connectivity index (χ3n) is 3.35. The molecule has 2 aromatic rings. The summed E-state index contributed by atoms with van der Waals surface area (Å²) < 4.78 is 6.41. The standard InChI is InChI=1S/C17H19BrO2/c1-20-17-11-10-15(18)12-14(17)8-5-9-16(19)13-6-3-2-4-7-13/h2-4,6-7,10-12,16,19H,5,8-9H2,1H3. The molecule has 20 heavy (non-hydrogen) atoms. The van der Waals surface area contributed by atoms with Crippen molar-refractivity contribution >= 4 is 15.9 Å². The second-order valence-electron chi connectivity index (χ2n) is 4.77. The first-order valence-electron chi connectivity index (χ1n) is 6.76. The van der Waals surface area contributed by atoms with Gasteiger partial charge in [-0.1, -0.05) is 46.3 Å². The summed E-state index contributed by atoms with van der Waals surface area (Å²) in [6.07, 6.45) is 2.17. The number of ether oxygens (including phenoxy) is 1. The summed E-state index contributed by atoms with van der Waals surface area (Å²) in [6.45, 7) is 0. The monoisotopic (exact) mass is 334 g/mol. The maximum Gasteiger partial charge on any atom is 0.122 e. The lowest BCUT2D eigenvalue weighted by Crippen LogP contribution is -1.99. The Bertz CT molecular complexity index is 540. The lowest BCUT2D eigenvalue weighted by Gasteiger charge is -2.12. The van der Waals surface area contributed by atoms with Gasteiger partial charge in [0.25, 0.3) is 0 Å². The minimum absolute atomic E-state index is 0.394. The Labute approximate surface area is 128 Å². The summed E-state index contributed by atoms with van der Waals surface area (Å²) in [7, 11) is 1.69. The van der Waals surface area contributed by atoms with Crippen LogP contribution >= 0.6 is 15.9 Å². The fourth-order valence-electron chi connectivity index (χ4n) is 2.27. The summed E-state index contributed by atoms with van der Waals surface area (Å²) in [5, 5.41) is 10.1. The first-order chi connectivity index (χ1) is 9.70. The lowest BCUT2D eigenvalue weighted by atomic mass is 10.0. The van der Waals surface area contributed by atoms with Gasteiger partial charge in [0.15, 0.2) is 0 Å². The smallest absolute Gasteiger partial charge is 0.122 e.